The number of Topliss-reactive ketones (excluding diaryl/α,β-unsaturated/α-hetero) is 1. The lowest BCUT2D eigenvalue weighted by atomic mass is 10.2. The van der Waals surface area contributed by atoms with Crippen molar-refractivity contribution in [3.63, 3.8) is 0 Å². The van der Waals surface area contributed by atoms with Gasteiger partial charge in [0, 0.05) is 14.1 Å². The third-order valence-electron chi connectivity index (χ3n) is 4.74. The molecule has 0 fully saturated rings. The van der Waals surface area contributed by atoms with Gasteiger partial charge < -0.3 is 14.9 Å². The molecular formula is C20H20N4O8S. The molecule has 3 aromatic rings. The van der Waals surface area contributed by atoms with Crippen LogP contribution in [0.4, 0.5) is 5.82 Å². The Morgan fingerprint density at radius 3 is 2.36 bits per heavy atom. The highest BCUT2D eigenvalue weighted by atomic mass is 32.2. The summed E-state index contributed by atoms with van der Waals surface area (Å²) in [6.45, 7) is -0.851. The second-order valence-electron chi connectivity index (χ2n) is 6.89. The summed E-state index contributed by atoms with van der Waals surface area (Å²) >= 11 is 0. The van der Waals surface area contributed by atoms with Crippen molar-refractivity contribution < 1.29 is 27.2 Å². The molecule has 0 radical (unpaired) electrons. The normalized spacial score (nSPS) is 11.3. The first kappa shape index (κ1) is 23.7. The number of ether oxygens (including phenoxy) is 1. The number of carbonyl (C=O) groups excluding carboxylic acids is 2. The number of hydrogen-bond donors (Lipinski definition) is 2. The van der Waals surface area contributed by atoms with Crippen LogP contribution in [0.1, 0.15) is 26.5 Å². The molecule has 3 N–H and O–H groups in total. The van der Waals surface area contributed by atoms with E-state index in [1.807, 2.05) is 0 Å². The number of nitrogens with two attached hydrogens (primary N) is 1. The van der Waals surface area contributed by atoms with E-state index in [1.54, 1.807) is 12.1 Å². The maximum absolute atomic E-state index is 12.4. The number of hydrogen-bond acceptors (Lipinski definition) is 9. The van der Waals surface area contributed by atoms with Crippen molar-refractivity contribution in [3.8, 4) is 0 Å². The van der Waals surface area contributed by atoms with Gasteiger partial charge in [0.25, 0.3) is 5.56 Å². The first-order valence-electron chi connectivity index (χ1n) is 9.41. The molecule has 12 nitrogen and oxygen atoms in total. The maximum atomic E-state index is 12.4. The van der Waals surface area contributed by atoms with Gasteiger partial charge in [0.05, 0.1) is 23.3 Å². The van der Waals surface area contributed by atoms with Crippen LogP contribution in [0.25, 0.3) is 0 Å². The summed E-state index contributed by atoms with van der Waals surface area (Å²) in [7, 11) is -1.38. The van der Waals surface area contributed by atoms with E-state index in [2.05, 4.69) is 4.72 Å². The first-order chi connectivity index (χ1) is 15.5. The van der Waals surface area contributed by atoms with Crippen LogP contribution in [0.15, 0.2) is 61.6 Å². The predicted molar refractivity (Wildman–Crippen MR) is 115 cm³/mol. The molecule has 2 aromatic heterocycles. The zero-order valence-corrected chi connectivity index (χ0v) is 18.4. The fourth-order valence-corrected chi connectivity index (χ4v) is 3.83. The van der Waals surface area contributed by atoms with Crippen molar-refractivity contribution >= 4 is 27.6 Å². The minimum atomic E-state index is -3.86. The van der Waals surface area contributed by atoms with E-state index in [9.17, 15) is 27.6 Å². The summed E-state index contributed by atoms with van der Waals surface area (Å²) in [6, 6.07) is 8.07. The molecule has 0 unspecified atom stereocenters. The number of sulfonamides is 1. The number of ketones is 1. The third kappa shape index (κ3) is 4.94. The lowest BCUT2D eigenvalue weighted by Gasteiger charge is -2.11. The van der Waals surface area contributed by atoms with Crippen molar-refractivity contribution in [3.05, 3.63) is 80.4 Å². The molecule has 1 aromatic carbocycles. The number of nitrogens with zero attached hydrogens (tertiary/aromatic N) is 2. The van der Waals surface area contributed by atoms with Crippen LogP contribution >= 0.6 is 0 Å². The largest absolute Gasteiger partial charge is 0.468 e. The van der Waals surface area contributed by atoms with Gasteiger partial charge in [-0.2, -0.15) is 0 Å². The quantitative estimate of drug-likeness (QED) is 0.329. The Kier molecular flexibility index (Phi) is 6.65. The highest BCUT2D eigenvalue weighted by molar-refractivity contribution is 7.89. The van der Waals surface area contributed by atoms with Crippen LogP contribution in [0.3, 0.4) is 0 Å². The molecule has 0 aliphatic rings. The smallest absolute Gasteiger partial charge is 0.338 e. The number of esters is 1. The van der Waals surface area contributed by atoms with Crippen molar-refractivity contribution in [2.24, 2.45) is 14.1 Å². The zero-order valence-electron chi connectivity index (χ0n) is 17.6. The number of furan rings is 1. The van der Waals surface area contributed by atoms with Crippen LogP contribution < -0.4 is 21.7 Å². The summed E-state index contributed by atoms with van der Waals surface area (Å²) in [4.78, 5) is 48.6. The van der Waals surface area contributed by atoms with Gasteiger partial charge in [0.1, 0.15) is 17.1 Å². The number of benzene rings is 1. The van der Waals surface area contributed by atoms with Gasteiger partial charge in [-0.3, -0.25) is 18.7 Å². The van der Waals surface area contributed by atoms with Crippen molar-refractivity contribution in [1.82, 2.24) is 13.9 Å². The molecule has 0 saturated heterocycles. The molecule has 0 saturated carbocycles. The van der Waals surface area contributed by atoms with Gasteiger partial charge >= 0.3 is 11.7 Å². The van der Waals surface area contributed by atoms with Crippen LogP contribution in [0, 0.1) is 0 Å². The fraction of sp³-hybridized carbons (Fsp3) is 0.200. The van der Waals surface area contributed by atoms with Gasteiger partial charge in [-0.05, 0) is 36.4 Å². The molecule has 0 amide bonds. The molecule has 0 bridgehead atoms. The average molecular weight is 476 g/mol. The van der Waals surface area contributed by atoms with E-state index in [4.69, 9.17) is 14.9 Å². The van der Waals surface area contributed by atoms with Gasteiger partial charge in [-0.1, -0.05) is 0 Å². The molecule has 33 heavy (non-hydrogen) atoms. The molecule has 0 spiro atoms. The summed E-state index contributed by atoms with van der Waals surface area (Å²) < 4.78 is 38.7. The number of carbonyl (C=O) groups is 2. The van der Waals surface area contributed by atoms with Crippen molar-refractivity contribution in [2.75, 3.05) is 12.3 Å². The van der Waals surface area contributed by atoms with Gasteiger partial charge in [-0.25, -0.2) is 22.7 Å². The predicted octanol–water partition coefficient (Wildman–Crippen LogP) is -0.223. The Morgan fingerprint density at radius 1 is 1.09 bits per heavy atom. The van der Waals surface area contributed by atoms with Gasteiger partial charge in [0.15, 0.2) is 6.61 Å². The van der Waals surface area contributed by atoms with Crippen LogP contribution in [0.2, 0.25) is 0 Å². The topological polar surface area (TPSA) is 173 Å². The Hall–Kier alpha value is -3.97. The number of nitrogen functional groups attached to an aromatic ring is 1. The van der Waals surface area contributed by atoms with Gasteiger partial charge in [0.2, 0.25) is 15.8 Å². The summed E-state index contributed by atoms with van der Waals surface area (Å²) in [5.74, 6) is -1.73. The monoisotopic (exact) mass is 476 g/mol. The second kappa shape index (κ2) is 9.26. The molecule has 0 aliphatic carbocycles. The van der Waals surface area contributed by atoms with Crippen LogP contribution in [-0.2, 0) is 35.4 Å². The van der Waals surface area contributed by atoms with Crippen LogP contribution in [-0.4, -0.2) is 35.9 Å². The Morgan fingerprint density at radius 2 is 1.76 bits per heavy atom. The summed E-state index contributed by atoms with van der Waals surface area (Å²) in [6.07, 6.45) is 1.42. The molecule has 13 heteroatoms. The molecule has 174 valence electrons. The minimum Gasteiger partial charge on any atom is -0.468 e. The summed E-state index contributed by atoms with van der Waals surface area (Å²) in [5.41, 5.74) is 3.59. The van der Waals surface area contributed by atoms with Crippen LogP contribution in [0.5, 0.6) is 0 Å². The Labute approximate surface area is 187 Å². The minimum absolute atomic E-state index is 0.0193. The molecular weight excluding hydrogens is 456 g/mol. The SMILES string of the molecule is Cn1c(N)c(C(=O)COC(=O)c2ccc(S(=O)(=O)NCc3ccco3)cc2)c(=O)n(C)c1=O. The van der Waals surface area contributed by atoms with E-state index in [-0.39, 0.29) is 22.8 Å². The van der Waals surface area contributed by atoms with Crippen molar-refractivity contribution in [2.45, 2.75) is 11.4 Å². The molecule has 3 rings (SSSR count). The standard InChI is InChI=1S/C20H20N4O8S/c1-23-17(21)16(18(26)24(2)20(23)28)15(25)11-32-19(27)12-5-7-14(8-6-12)33(29,30)22-10-13-4-3-9-31-13/h3-9,22H,10-11,21H2,1-2H3. The third-order valence-corrected chi connectivity index (χ3v) is 6.16. The van der Waals surface area contributed by atoms with Crippen molar-refractivity contribution in [1.29, 1.82) is 0 Å². The number of anilines is 1. The second-order valence-corrected chi connectivity index (χ2v) is 8.66. The van der Waals surface area contributed by atoms with Gasteiger partial charge in [-0.15, -0.1) is 0 Å². The number of aromatic nitrogens is 2. The fourth-order valence-electron chi connectivity index (χ4n) is 2.84. The number of rotatable bonds is 8. The van der Waals surface area contributed by atoms with E-state index < -0.39 is 45.2 Å². The van der Waals surface area contributed by atoms with E-state index in [0.717, 1.165) is 4.57 Å². The Balaban J connectivity index is 1.67. The lowest BCUT2D eigenvalue weighted by molar-refractivity contribution is 0.0474. The zero-order chi connectivity index (χ0) is 24.3. The van der Waals surface area contributed by atoms with E-state index in [1.165, 1.54) is 44.6 Å². The van der Waals surface area contributed by atoms with E-state index in [0.29, 0.717) is 10.3 Å². The number of nitrogens with one attached hydrogen (secondary N) is 1. The molecule has 0 atom stereocenters. The maximum Gasteiger partial charge on any atom is 0.338 e. The lowest BCUT2D eigenvalue weighted by Crippen LogP contribution is -2.42. The Bertz CT molecular complexity index is 1420. The first-order valence-corrected chi connectivity index (χ1v) is 10.9. The van der Waals surface area contributed by atoms with E-state index >= 15 is 0 Å². The molecule has 0 aliphatic heterocycles. The summed E-state index contributed by atoms with van der Waals surface area (Å²) in [5, 5.41) is 0. The average Bonchev–Trinajstić information content (AvgIpc) is 3.33. The highest BCUT2D eigenvalue weighted by Crippen LogP contribution is 2.13. The highest BCUT2D eigenvalue weighted by Gasteiger charge is 2.22. The molecule has 2 heterocycles.